The molecular weight excluding hydrogens is 312 g/mol. The van der Waals surface area contributed by atoms with Gasteiger partial charge >= 0.3 is 6.03 Å². The van der Waals surface area contributed by atoms with Gasteiger partial charge < -0.3 is 10.4 Å². The van der Waals surface area contributed by atoms with Gasteiger partial charge in [-0.05, 0) is 25.0 Å². The molecule has 0 bridgehead atoms. The molecule has 0 atom stereocenters. The highest BCUT2D eigenvalue weighted by atomic mass is 32.1. The minimum Gasteiger partial charge on any atom is -0.388 e. The van der Waals surface area contributed by atoms with Gasteiger partial charge in [0.2, 0.25) is 0 Å². The standard InChI is InChI=1S/C16H20N4O2S/c21-14(18-11-16(22)6-2-1-3-7-16)20-15-19-13(10-23-15)12-5-4-8-17-9-12/h4-5,8-10,22H,1-3,6-7,11H2,(H2,18,19,20,21). The molecule has 1 saturated carbocycles. The molecule has 2 aromatic rings. The van der Waals surface area contributed by atoms with Gasteiger partial charge in [0.25, 0.3) is 0 Å². The number of aromatic nitrogens is 2. The third-order valence-corrected chi connectivity index (χ3v) is 4.80. The summed E-state index contributed by atoms with van der Waals surface area (Å²) >= 11 is 1.36. The third kappa shape index (κ3) is 4.27. The lowest BCUT2D eigenvalue weighted by atomic mass is 9.85. The second-order valence-electron chi connectivity index (χ2n) is 5.87. The molecule has 1 aliphatic carbocycles. The summed E-state index contributed by atoms with van der Waals surface area (Å²) in [7, 11) is 0. The number of amides is 2. The van der Waals surface area contributed by atoms with E-state index in [9.17, 15) is 9.90 Å². The Morgan fingerprint density at radius 2 is 2.17 bits per heavy atom. The van der Waals surface area contributed by atoms with Crippen LogP contribution in [0.2, 0.25) is 0 Å². The Morgan fingerprint density at radius 1 is 1.35 bits per heavy atom. The van der Waals surface area contributed by atoms with Crippen molar-refractivity contribution in [1.82, 2.24) is 15.3 Å². The molecule has 2 aromatic heterocycles. The average molecular weight is 332 g/mol. The van der Waals surface area contributed by atoms with E-state index in [1.165, 1.54) is 11.3 Å². The summed E-state index contributed by atoms with van der Waals surface area (Å²) in [5.41, 5.74) is 0.928. The predicted molar refractivity (Wildman–Crippen MR) is 90.4 cm³/mol. The number of aliphatic hydroxyl groups is 1. The summed E-state index contributed by atoms with van der Waals surface area (Å²) in [4.78, 5) is 20.4. The van der Waals surface area contributed by atoms with Crippen LogP contribution in [0.15, 0.2) is 29.9 Å². The second-order valence-corrected chi connectivity index (χ2v) is 6.73. The highest BCUT2D eigenvalue weighted by Gasteiger charge is 2.29. The highest BCUT2D eigenvalue weighted by molar-refractivity contribution is 7.14. The summed E-state index contributed by atoms with van der Waals surface area (Å²) < 4.78 is 0. The van der Waals surface area contributed by atoms with Crippen molar-refractivity contribution in [1.29, 1.82) is 0 Å². The SMILES string of the molecule is O=C(NCC1(O)CCCCC1)Nc1nc(-c2cccnc2)cs1. The fourth-order valence-electron chi connectivity index (χ4n) is 2.75. The Bertz CT molecular complexity index is 653. The van der Waals surface area contributed by atoms with Crippen LogP contribution in [0.5, 0.6) is 0 Å². The van der Waals surface area contributed by atoms with Gasteiger partial charge in [-0.15, -0.1) is 11.3 Å². The zero-order chi connectivity index (χ0) is 16.1. The summed E-state index contributed by atoms with van der Waals surface area (Å²) in [5, 5.41) is 18.2. The first-order valence-corrected chi connectivity index (χ1v) is 8.66. The molecule has 23 heavy (non-hydrogen) atoms. The number of rotatable bonds is 4. The maximum absolute atomic E-state index is 12.0. The molecule has 2 amide bonds. The van der Waals surface area contributed by atoms with Gasteiger partial charge in [-0.2, -0.15) is 0 Å². The molecule has 0 aliphatic heterocycles. The minimum absolute atomic E-state index is 0.277. The lowest BCUT2D eigenvalue weighted by Crippen LogP contribution is -2.45. The fraction of sp³-hybridized carbons (Fsp3) is 0.438. The van der Waals surface area contributed by atoms with Crippen molar-refractivity contribution < 1.29 is 9.90 Å². The molecular formula is C16H20N4O2S. The number of hydrogen-bond donors (Lipinski definition) is 3. The quantitative estimate of drug-likeness (QED) is 0.803. The first kappa shape index (κ1) is 15.9. The zero-order valence-electron chi connectivity index (χ0n) is 12.8. The van der Waals surface area contributed by atoms with Crippen LogP contribution in [0, 0.1) is 0 Å². The van der Waals surface area contributed by atoms with E-state index in [0.717, 1.165) is 43.4 Å². The molecule has 0 spiro atoms. The molecule has 6 nitrogen and oxygen atoms in total. The van der Waals surface area contributed by atoms with Crippen molar-refractivity contribution in [3.8, 4) is 11.3 Å². The van der Waals surface area contributed by atoms with Gasteiger partial charge in [0.15, 0.2) is 5.13 Å². The molecule has 0 unspecified atom stereocenters. The molecule has 122 valence electrons. The van der Waals surface area contributed by atoms with Crippen LogP contribution in [0.25, 0.3) is 11.3 Å². The lowest BCUT2D eigenvalue weighted by Gasteiger charge is -2.31. The smallest absolute Gasteiger partial charge is 0.321 e. The van der Waals surface area contributed by atoms with Crippen molar-refractivity contribution >= 4 is 22.5 Å². The fourth-order valence-corrected chi connectivity index (χ4v) is 3.47. The van der Waals surface area contributed by atoms with E-state index < -0.39 is 5.60 Å². The first-order valence-electron chi connectivity index (χ1n) is 7.78. The molecule has 0 radical (unpaired) electrons. The normalized spacial score (nSPS) is 16.7. The van der Waals surface area contributed by atoms with Gasteiger partial charge in [0, 0.05) is 29.9 Å². The van der Waals surface area contributed by atoms with Crippen molar-refractivity contribution in [3.63, 3.8) is 0 Å². The van der Waals surface area contributed by atoms with Crippen LogP contribution < -0.4 is 10.6 Å². The monoisotopic (exact) mass is 332 g/mol. The van der Waals surface area contributed by atoms with Crippen molar-refractivity contribution in [3.05, 3.63) is 29.9 Å². The van der Waals surface area contributed by atoms with Crippen LogP contribution >= 0.6 is 11.3 Å². The van der Waals surface area contributed by atoms with E-state index >= 15 is 0 Å². The second kappa shape index (κ2) is 7.06. The van der Waals surface area contributed by atoms with E-state index in [1.807, 2.05) is 17.5 Å². The molecule has 0 aromatic carbocycles. The predicted octanol–water partition coefficient (Wildman–Crippen LogP) is 3.02. The first-order chi connectivity index (χ1) is 11.1. The summed E-state index contributed by atoms with van der Waals surface area (Å²) in [6.45, 7) is 0.277. The van der Waals surface area contributed by atoms with Crippen LogP contribution in [0.1, 0.15) is 32.1 Å². The Balaban J connectivity index is 1.53. The van der Waals surface area contributed by atoms with Gasteiger partial charge in [0.05, 0.1) is 11.3 Å². The van der Waals surface area contributed by atoms with E-state index in [-0.39, 0.29) is 12.6 Å². The maximum Gasteiger partial charge on any atom is 0.321 e. The van der Waals surface area contributed by atoms with E-state index in [0.29, 0.717) is 5.13 Å². The lowest BCUT2D eigenvalue weighted by molar-refractivity contribution is 0.00755. The number of nitrogens with one attached hydrogen (secondary N) is 2. The number of hydrogen-bond acceptors (Lipinski definition) is 5. The number of nitrogens with zero attached hydrogens (tertiary/aromatic N) is 2. The average Bonchev–Trinajstić information content (AvgIpc) is 3.03. The number of carbonyl (C=O) groups is 1. The van der Waals surface area contributed by atoms with Crippen LogP contribution in [0.4, 0.5) is 9.93 Å². The molecule has 7 heteroatoms. The molecule has 0 saturated heterocycles. The molecule has 3 N–H and O–H groups in total. The number of urea groups is 1. The summed E-state index contributed by atoms with van der Waals surface area (Å²) in [6.07, 6.45) is 8.12. The third-order valence-electron chi connectivity index (χ3n) is 4.04. The Labute approximate surface area is 139 Å². The Morgan fingerprint density at radius 3 is 2.91 bits per heavy atom. The largest absolute Gasteiger partial charge is 0.388 e. The van der Waals surface area contributed by atoms with Crippen LogP contribution in [-0.2, 0) is 0 Å². The maximum atomic E-state index is 12.0. The van der Waals surface area contributed by atoms with Crippen LogP contribution in [0.3, 0.4) is 0 Å². The highest BCUT2D eigenvalue weighted by Crippen LogP contribution is 2.27. The van der Waals surface area contributed by atoms with Crippen molar-refractivity contribution in [2.24, 2.45) is 0 Å². The van der Waals surface area contributed by atoms with E-state index in [4.69, 9.17) is 0 Å². The van der Waals surface area contributed by atoms with Crippen molar-refractivity contribution in [2.45, 2.75) is 37.7 Å². The van der Waals surface area contributed by atoms with Gasteiger partial charge in [-0.3, -0.25) is 10.3 Å². The summed E-state index contributed by atoms with van der Waals surface area (Å²) in [6, 6.07) is 3.43. The Kier molecular flexibility index (Phi) is 4.88. The number of thiazole rings is 1. The molecule has 2 heterocycles. The number of carbonyl (C=O) groups excluding carboxylic acids is 1. The molecule has 1 fully saturated rings. The minimum atomic E-state index is -0.765. The molecule has 3 rings (SSSR count). The summed E-state index contributed by atoms with van der Waals surface area (Å²) in [5.74, 6) is 0. The van der Waals surface area contributed by atoms with Crippen LogP contribution in [-0.4, -0.2) is 33.3 Å². The Hall–Kier alpha value is -1.99. The zero-order valence-corrected chi connectivity index (χ0v) is 13.6. The molecule has 1 aliphatic rings. The van der Waals surface area contributed by atoms with Gasteiger partial charge in [0.1, 0.15) is 0 Å². The van der Waals surface area contributed by atoms with Crippen molar-refractivity contribution in [2.75, 3.05) is 11.9 Å². The van der Waals surface area contributed by atoms with Gasteiger partial charge in [-0.25, -0.2) is 9.78 Å². The number of pyridine rings is 1. The van der Waals surface area contributed by atoms with Gasteiger partial charge in [-0.1, -0.05) is 19.3 Å². The van der Waals surface area contributed by atoms with E-state index in [1.54, 1.807) is 12.4 Å². The van der Waals surface area contributed by atoms with E-state index in [2.05, 4.69) is 20.6 Å². The topological polar surface area (TPSA) is 87.1 Å². The number of anilines is 1.